The molecule has 1 N–H and O–H groups in total. The molecule has 152 valence electrons. The number of amides is 1. The minimum absolute atomic E-state index is 0.172. The Kier molecular flexibility index (Phi) is 5.94. The zero-order valence-electron chi connectivity index (χ0n) is 17.1. The number of carbonyl (C=O) groups excluding carboxylic acids is 2. The maximum Gasteiger partial charge on any atom is 0.311 e. The van der Waals surface area contributed by atoms with Crippen LogP contribution in [0.25, 0.3) is 11.1 Å². The van der Waals surface area contributed by atoms with E-state index >= 15 is 0 Å². The lowest BCUT2D eigenvalue weighted by Crippen LogP contribution is -2.30. The van der Waals surface area contributed by atoms with E-state index in [9.17, 15) is 9.59 Å². The van der Waals surface area contributed by atoms with Crippen LogP contribution in [0.2, 0.25) is 0 Å². The molecule has 3 aromatic carbocycles. The Labute approximate surface area is 176 Å². The van der Waals surface area contributed by atoms with Crippen LogP contribution in [0.3, 0.4) is 0 Å². The lowest BCUT2D eigenvalue weighted by Gasteiger charge is -2.16. The van der Waals surface area contributed by atoms with Crippen LogP contribution < -0.4 is 5.32 Å². The van der Waals surface area contributed by atoms with Gasteiger partial charge >= 0.3 is 5.97 Å². The van der Waals surface area contributed by atoms with E-state index in [1.165, 1.54) is 17.5 Å². The van der Waals surface area contributed by atoms with Gasteiger partial charge in [-0.15, -0.1) is 0 Å². The zero-order chi connectivity index (χ0) is 20.9. The third-order valence-corrected chi connectivity index (χ3v) is 5.46. The van der Waals surface area contributed by atoms with Crippen molar-refractivity contribution >= 4 is 17.6 Å². The van der Waals surface area contributed by atoms with Gasteiger partial charge in [0.25, 0.3) is 5.91 Å². The average Bonchev–Trinajstić information content (AvgIpc) is 3.22. The van der Waals surface area contributed by atoms with Crippen molar-refractivity contribution in [2.45, 2.75) is 38.7 Å². The third-order valence-electron chi connectivity index (χ3n) is 5.46. The number of nitrogens with one attached hydrogen (secondary N) is 1. The molecule has 0 fully saturated rings. The topological polar surface area (TPSA) is 55.4 Å². The summed E-state index contributed by atoms with van der Waals surface area (Å²) in [5, 5.41) is 2.90. The molecular formula is C26H25NO3. The van der Waals surface area contributed by atoms with Crippen molar-refractivity contribution in [3.8, 4) is 11.1 Å². The first-order valence-electron chi connectivity index (χ1n) is 10.4. The summed E-state index contributed by atoms with van der Waals surface area (Å²) in [7, 11) is 0. The standard InChI is InChI=1S/C26H25NO3/c1-18(30-25(28)17-19-14-15-20-10-7-11-22(20)16-19)26(29)27-24-13-6-5-12-23(24)21-8-3-2-4-9-21/h2-6,8-9,12-16,18H,7,10-11,17H2,1H3,(H,27,29)/t18-/m1/s1. The van der Waals surface area contributed by atoms with E-state index in [2.05, 4.69) is 17.4 Å². The van der Waals surface area contributed by atoms with Crippen LogP contribution in [0.5, 0.6) is 0 Å². The van der Waals surface area contributed by atoms with E-state index < -0.39 is 12.1 Å². The second-order valence-corrected chi connectivity index (χ2v) is 7.67. The number of rotatable bonds is 6. The van der Waals surface area contributed by atoms with Gasteiger partial charge in [0.15, 0.2) is 6.10 Å². The number of carbonyl (C=O) groups is 2. The van der Waals surface area contributed by atoms with E-state index in [-0.39, 0.29) is 12.3 Å². The first-order chi connectivity index (χ1) is 14.6. The summed E-state index contributed by atoms with van der Waals surface area (Å²) >= 11 is 0. The Bertz CT molecular complexity index is 1060. The van der Waals surface area contributed by atoms with Crippen molar-refractivity contribution in [3.63, 3.8) is 0 Å². The largest absolute Gasteiger partial charge is 0.452 e. The molecule has 0 aromatic heterocycles. The molecule has 4 rings (SSSR count). The van der Waals surface area contributed by atoms with Crippen LogP contribution in [-0.4, -0.2) is 18.0 Å². The maximum atomic E-state index is 12.6. The highest BCUT2D eigenvalue weighted by atomic mass is 16.5. The highest BCUT2D eigenvalue weighted by molar-refractivity contribution is 5.98. The summed E-state index contributed by atoms with van der Waals surface area (Å²) in [5.74, 6) is -0.743. The smallest absolute Gasteiger partial charge is 0.311 e. The number of para-hydroxylation sites is 1. The summed E-state index contributed by atoms with van der Waals surface area (Å²) in [6.45, 7) is 1.60. The van der Waals surface area contributed by atoms with Gasteiger partial charge in [0.2, 0.25) is 0 Å². The number of hydrogen-bond donors (Lipinski definition) is 1. The van der Waals surface area contributed by atoms with Crippen molar-refractivity contribution in [3.05, 3.63) is 89.5 Å². The predicted octanol–water partition coefficient (Wildman–Crippen LogP) is 4.96. The van der Waals surface area contributed by atoms with Gasteiger partial charge in [-0.2, -0.15) is 0 Å². The number of fused-ring (bicyclic) bond motifs is 1. The molecule has 4 heteroatoms. The van der Waals surface area contributed by atoms with Gasteiger partial charge in [-0.1, -0.05) is 66.7 Å². The molecule has 1 atom stereocenters. The fraction of sp³-hybridized carbons (Fsp3) is 0.231. The zero-order valence-corrected chi connectivity index (χ0v) is 17.1. The Morgan fingerprint density at radius 3 is 2.50 bits per heavy atom. The van der Waals surface area contributed by atoms with Gasteiger partial charge in [0.1, 0.15) is 0 Å². The molecule has 3 aromatic rings. The first kappa shape index (κ1) is 19.9. The van der Waals surface area contributed by atoms with Crippen molar-refractivity contribution in [2.24, 2.45) is 0 Å². The molecule has 0 heterocycles. The molecular weight excluding hydrogens is 374 g/mol. The second kappa shape index (κ2) is 8.95. The lowest BCUT2D eigenvalue weighted by atomic mass is 10.0. The number of esters is 1. The minimum atomic E-state index is -0.879. The van der Waals surface area contributed by atoms with Crippen LogP contribution in [0, 0.1) is 0 Å². The highest BCUT2D eigenvalue weighted by Crippen LogP contribution is 2.28. The van der Waals surface area contributed by atoms with Gasteiger partial charge in [-0.25, -0.2) is 0 Å². The molecule has 1 aliphatic rings. The third kappa shape index (κ3) is 4.60. The van der Waals surface area contributed by atoms with E-state index in [1.54, 1.807) is 6.92 Å². The molecule has 0 spiro atoms. The van der Waals surface area contributed by atoms with E-state index in [1.807, 2.05) is 60.7 Å². The fourth-order valence-corrected chi connectivity index (χ4v) is 3.89. The van der Waals surface area contributed by atoms with Gasteiger partial charge < -0.3 is 10.1 Å². The number of aryl methyl sites for hydroxylation is 2. The van der Waals surface area contributed by atoms with Crippen molar-refractivity contribution < 1.29 is 14.3 Å². The van der Waals surface area contributed by atoms with E-state index in [0.717, 1.165) is 29.5 Å². The van der Waals surface area contributed by atoms with Crippen LogP contribution >= 0.6 is 0 Å². The molecule has 0 radical (unpaired) electrons. The van der Waals surface area contributed by atoms with Crippen molar-refractivity contribution in [1.29, 1.82) is 0 Å². The monoisotopic (exact) mass is 399 g/mol. The van der Waals surface area contributed by atoms with Crippen LogP contribution in [0.1, 0.15) is 30.0 Å². The summed E-state index contributed by atoms with van der Waals surface area (Å²) in [5.41, 5.74) is 6.25. The lowest BCUT2D eigenvalue weighted by molar-refractivity contribution is -0.152. The Hall–Kier alpha value is -3.40. The van der Waals surface area contributed by atoms with E-state index in [4.69, 9.17) is 4.74 Å². The summed E-state index contributed by atoms with van der Waals surface area (Å²) in [6, 6.07) is 23.6. The molecule has 1 amide bonds. The highest BCUT2D eigenvalue weighted by Gasteiger charge is 2.20. The number of benzene rings is 3. The molecule has 0 saturated carbocycles. The van der Waals surface area contributed by atoms with E-state index in [0.29, 0.717) is 5.69 Å². The van der Waals surface area contributed by atoms with Gasteiger partial charge in [0.05, 0.1) is 6.42 Å². The maximum absolute atomic E-state index is 12.6. The minimum Gasteiger partial charge on any atom is -0.452 e. The molecule has 0 saturated heterocycles. The Balaban J connectivity index is 1.38. The predicted molar refractivity (Wildman–Crippen MR) is 118 cm³/mol. The second-order valence-electron chi connectivity index (χ2n) is 7.67. The number of ether oxygens (including phenoxy) is 1. The van der Waals surface area contributed by atoms with Gasteiger partial charge in [-0.3, -0.25) is 9.59 Å². The van der Waals surface area contributed by atoms with Crippen LogP contribution in [0.15, 0.2) is 72.8 Å². The Morgan fingerprint density at radius 2 is 1.67 bits per heavy atom. The van der Waals surface area contributed by atoms with Gasteiger partial charge in [-0.05, 0) is 54.5 Å². The Morgan fingerprint density at radius 1 is 0.933 bits per heavy atom. The molecule has 0 unspecified atom stereocenters. The molecule has 0 bridgehead atoms. The van der Waals surface area contributed by atoms with Gasteiger partial charge in [0, 0.05) is 11.3 Å². The normalized spacial score (nSPS) is 13.4. The van der Waals surface area contributed by atoms with Crippen molar-refractivity contribution in [2.75, 3.05) is 5.32 Å². The average molecular weight is 399 g/mol. The van der Waals surface area contributed by atoms with Crippen LogP contribution in [0.4, 0.5) is 5.69 Å². The molecule has 30 heavy (non-hydrogen) atoms. The summed E-state index contributed by atoms with van der Waals surface area (Å²) < 4.78 is 5.40. The fourth-order valence-electron chi connectivity index (χ4n) is 3.89. The molecule has 1 aliphatic carbocycles. The quantitative estimate of drug-likeness (QED) is 0.597. The SMILES string of the molecule is C[C@@H](OC(=O)Cc1ccc2c(c1)CCC2)C(=O)Nc1ccccc1-c1ccccc1. The first-order valence-corrected chi connectivity index (χ1v) is 10.4. The number of anilines is 1. The summed E-state index contributed by atoms with van der Waals surface area (Å²) in [6.07, 6.45) is 2.64. The van der Waals surface area contributed by atoms with Crippen LogP contribution in [-0.2, 0) is 33.6 Å². The molecule has 0 aliphatic heterocycles. The summed E-state index contributed by atoms with van der Waals surface area (Å²) in [4.78, 5) is 25.0. The molecule has 4 nitrogen and oxygen atoms in total. The van der Waals surface area contributed by atoms with Crippen molar-refractivity contribution in [1.82, 2.24) is 0 Å². The number of hydrogen-bond acceptors (Lipinski definition) is 3.